The molecule has 0 aromatic heterocycles. The Bertz CT molecular complexity index is 708. The molecule has 3 rings (SSSR count). The molecule has 0 bridgehead atoms. The molecule has 2 aliphatic rings. The lowest BCUT2D eigenvalue weighted by Crippen LogP contribution is -2.48. The first kappa shape index (κ1) is 21.6. The zero-order valence-electron chi connectivity index (χ0n) is 18.0. The third kappa shape index (κ3) is 6.17. The van der Waals surface area contributed by atoms with Crippen molar-refractivity contribution < 1.29 is 9.59 Å². The van der Waals surface area contributed by atoms with E-state index in [4.69, 9.17) is 0 Å². The maximum Gasteiger partial charge on any atom is 0.249 e. The van der Waals surface area contributed by atoms with Gasteiger partial charge in [0.05, 0.1) is 0 Å². The molecule has 2 amide bonds. The van der Waals surface area contributed by atoms with Gasteiger partial charge in [-0.1, -0.05) is 36.4 Å². The summed E-state index contributed by atoms with van der Waals surface area (Å²) in [6, 6.07) is 10.5. The Morgan fingerprint density at radius 3 is 2.45 bits per heavy atom. The largest absolute Gasteiger partial charge is 0.340 e. The van der Waals surface area contributed by atoms with Crippen LogP contribution in [0.15, 0.2) is 42.0 Å². The number of rotatable bonds is 6. The maximum absolute atomic E-state index is 12.7. The van der Waals surface area contributed by atoms with Crippen LogP contribution in [0.3, 0.4) is 0 Å². The van der Waals surface area contributed by atoms with Gasteiger partial charge in [0, 0.05) is 57.8 Å². The van der Waals surface area contributed by atoms with Crippen molar-refractivity contribution in [1.82, 2.24) is 14.7 Å². The molecule has 0 radical (unpaired) electrons. The Hall–Kier alpha value is -2.14. The van der Waals surface area contributed by atoms with E-state index < -0.39 is 0 Å². The summed E-state index contributed by atoms with van der Waals surface area (Å²) in [5.74, 6) is 0.871. The first-order valence-electron chi connectivity index (χ1n) is 11.0. The van der Waals surface area contributed by atoms with Crippen LogP contribution in [0.4, 0.5) is 0 Å². The molecule has 0 saturated carbocycles. The SMILES string of the molecule is C/C=C(\C)C(=O)N1CCCC(CCC(=O)N2CCN(Cc3ccccc3)CC2)C1. The van der Waals surface area contributed by atoms with Gasteiger partial charge >= 0.3 is 0 Å². The Kier molecular flexibility index (Phi) is 7.87. The molecule has 2 aliphatic heterocycles. The molecule has 1 unspecified atom stereocenters. The van der Waals surface area contributed by atoms with Crippen LogP contribution in [0.2, 0.25) is 0 Å². The molecule has 2 heterocycles. The van der Waals surface area contributed by atoms with Crippen LogP contribution < -0.4 is 0 Å². The van der Waals surface area contributed by atoms with Gasteiger partial charge < -0.3 is 9.80 Å². The van der Waals surface area contributed by atoms with Gasteiger partial charge in [-0.25, -0.2) is 0 Å². The number of carbonyl (C=O) groups is 2. The first-order chi connectivity index (χ1) is 14.1. The monoisotopic (exact) mass is 397 g/mol. The van der Waals surface area contributed by atoms with E-state index in [0.29, 0.717) is 12.3 Å². The third-order valence-electron chi connectivity index (χ3n) is 6.32. The van der Waals surface area contributed by atoms with E-state index >= 15 is 0 Å². The van der Waals surface area contributed by atoms with Crippen LogP contribution in [-0.4, -0.2) is 65.8 Å². The molecular weight excluding hydrogens is 362 g/mol. The second-order valence-electron chi connectivity index (χ2n) is 8.41. The predicted molar refractivity (Wildman–Crippen MR) is 116 cm³/mol. The molecule has 1 atom stereocenters. The molecule has 0 N–H and O–H groups in total. The summed E-state index contributed by atoms with van der Waals surface area (Å²) in [7, 11) is 0. The summed E-state index contributed by atoms with van der Waals surface area (Å²) in [6.07, 6.45) is 5.54. The van der Waals surface area contributed by atoms with Gasteiger partial charge in [0.2, 0.25) is 11.8 Å². The Balaban J connectivity index is 1.39. The average Bonchev–Trinajstić information content (AvgIpc) is 2.77. The normalized spacial score (nSPS) is 21.3. The Morgan fingerprint density at radius 2 is 1.76 bits per heavy atom. The number of likely N-dealkylation sites (tertiary alicyclic amines) is 1. The minimum atomic E-state index is 0.151. The number of allylic oxidation sites excluding steroid dienone is 1. The van der Waals surface area contributed by atoms with Gasteiger partial charge in [-0.15, -0.1) is 0 Å². The van der Waals surface area contributed by atoms with E-state index in [9.17, 15) is 9.59 Å². The van der Waals surface area contributed by atoms with Crippen LogP contribution in [-0.2, 0) is 16.1 Å². The number of amides is 2. The fourth-order valence-electron chi connectivity index (χ4n) is 4.34. The van der Waals surface area contributed by atoms with E-state index in [1.54, 1.807) is 0 Å². The van der Waals surface area contributed by atoms with Gasteiger partial charge in [0.25, 0.3) is 0 Å². The third-order valence-corrected chi connectivity index (χ3v) is 6.32. The molecule has 29 heavy (non-hydrogen) atoms. The average molecular weight is 398 g/mol. The lowest BCUT2D eigenvalue weighted by Gasteiger charge is -2.36. The summed E-state index contributed by atoms with van der Waals surface area (Å²) < 4.78 is 0. The van der Waals surface area contributed by atoms with E-state index in [2.05, 4.69) is 29.2 Å². The fourth-order valence-corrected chi connectivity index (χ4v) is 4.34. The van der Waals surface area contributed by atoms with Crippen LogP contribution in [0.1, 0.15) is 45.1 Å². The number of benzene rings is 1. The highest BCUT2D eigenvalue weighted by Crippen LogP contribution is 2.23. The number of carbonyl (C=O) groups excluding carboxylic acids is 2. The molecule has 0 aliphatic carbocycles. The van der Waals surface area contributed by atoms with Gasteiger partial charge in [-0.05, 0) is 44.6 Å². The summed E-state index contributed by atoms with van der Waals surface area (Å²) in [6.45, 7) is 9.91. The first-order valence-corrected chi connectivity index (χ1v) is 11.0. The molecule has 5 nitrogen and oxygen atoms in total. The minimum Gasteiger partial charge on any atom is -0.340 e. The van der Waals surface area contributed by atoms with Gasteiger partial charge in [0.15, 0.2) is 0 Å². The summed E-state index contributed by atoms with van der Waals surface area (Å²) in [4.78, 5) is 31.5. The van der Waals surface area contributed by atoms with Crippen molar-refractivity contribution in [3.8, 4) is 0 Å². The second-order valence-corrected chi connectivity index (χ2v) is 8.41. The number of piperazine rings is 1. The highest BCUT2D eigenvalue weighted by molar-refractivity contribution is 5.92. The highest BCUT2D eigenvalue weighted by Gasteiger charge is 2.26. The standard InChI is InChI=1S/C24H35N3O2/c1-3-20(2)24(29)27-13-7-10-22(19-27)11-12-23(28)26-16-14-25(15-17-26)18-21-8-5-4-6-9-21/h3-6,8-9,22H,7,10-19H2,1-2H3/b20-3+. The zero-order valence-corrected chi connectivity index (χ0v) is 18.0. The van der Waals surface area contributed by atoms with Crippen LogP contribution in [0, 0.1) is 5.92 Å². The maximum atomic E-state index is 12.7. The van der Waals surface area contributed by atoms with Crippen LogP contribution >= 0.6 is 0 Å². The lowest BCUT2D eigenvalue weighted by atomic mass is 9.92. The van der Waals surface area contributed by atoms with E-state index in [0.717, 1.165) is 70.6 Å². The lowest BCUT2D eigenvalue weighted by molar-refractivity contribution is -0.133. The topological polar surface area (TPSA) is 43.9 Å². The Morgan fingerprint density at radius 1 is 1.03 bits per heavy atom. The van der Waals surface area contributed by atoms with Crippen molar-refractivity contribution in [2.45, 2.75) is 46.1 Å². The van der Waals surface area contributed by atoms with E-state index in [1.807, 2.05) is 35.8 Å². The highest BCUT2D eigenvalue weighted by atomic mass is 16.2. The van der Waals surface area contributed by atoms with Gasteiger partial charge in [0.1, 0.15) is 0 Å². The molecule has 1 aromatic carbocycles. The van der Waals surface area contributed by atoms with Crippen molar-refractivity contribution in [1.29, 1.82) is 0 Å². The molecule has 2 saturated heterocycles. The van der Waals surface area contributed by atoms with E-state index in [-0.39, 0.29) is 11.8 Å². The smallest absolute Gasteiger partial charge is 0.249 e. The van der Waals surface area contributed by atoms with Crippen molar-refractivity contribution in [2.24, 2.45) is 5.92 Å². The molecular formula is C24H35N3O2. The summed E-state index contributed by atoms with van der Waals surface area (Å²) in [5.41, 5.74) is 2.15. The molecule has 1 aromatic rings. The van der Waals surface area contributed by atoms with Crippen LogP contribution in [0.5, 0.6) is 0 Å². The van der Waals surface area contributed by atoms with Crippen molar-refractivity contribution in [3.63, 3.8) is 0 Å². The molecule has 158 valence electrons. The molecule has 5 heteroatoms. The van der Waals surface area contributed by atoms with E-state index in [1.165, 1.54) is 5.56 Å². The molecule has 0 spiro atoms. The van der Waals surface area contributed by atoms with Gasteiger partial charge in [-0.3, -0.25) is 14.5 Å². The minimum absolute atomic E-state index is 0.151. The number of hydrogen-bond acceptors (Lipinski definition) is 3. The summed E-state index contributed by atoms with van der Waals surface area (Å²) >= 11 is 0. The van der Waals surface area contributed by atoms with Crippen molar-refractivity contribution >= 4 is 11.8 Å². The number of piperidine rings is 1. The predicted octanol–water partition coefficient (Wildman–Crippen LogP) is 3.32. The van der Waals surface area contributed by atoms with Crippen molar-refractivity contribution in [2.75, 3.05) is 39.3 Å². The van der Waals surface area contributed by atoms with Crippen molar-refractivity contribution in [3.05, 3.63) is 47.5 Å². The number of hydrogen-bond donors (Lipinski definition) is 0. The molecule has 2 fully saturated rings. The quantitative estimate of drug-likeness (QED) is 0.692. The zero-order chi connectivity index (χ0) is 20.6. The van der Waals surface area contributed by atoms with Gasteiger partial charge in [-0.2, -0.15) is 0 Å². The second kappa shape index (κ2) is 10.6. The Labute approximate surface area is 175 Å². The summed E-state index contributed by atoms with van der Waals surface area (Å²) in [5, 5.41) is 0. The number of nitrogens with zero attached hydrogens (tertiary/aromatic N) is 3. The van der Waals surface area contributed by atoms with Crippen LogP contribution in [0.25, 0.3) is 0 Å². The fraction of sp³-hybridized carbons (Fsp3) is 0.583.